The molecule has 0 saturated heterocycles. The van der Waals surface area contributed by atoms with Gasteiger partial charge in [-0.1, -0.05) is 29.8 Å². The van der Waals surface area contributed by atoms with E-state index in [1.807, 2.05) is 6.07 Å². The van der Waals surface area contributed by atoms with E-state index in [-0.39, 0.29) is 0 Å². The molecule has 0 amide bonds. The molecule has 0 aromatic carbocycles. The van der Waals surface area contributed by atoms with E-state index in [9.17, 15) is 0 Å². The maximum atomic E-state index is 5.96. The van der Waals surface area contributed by atoms with Crippen LogP contribution in [0, 0.1) is 0 Å². The quantitative estimate of drug-likeness (QED) is 0.814. The molecular weight excluding hydrogens is 280 g/mol. The maximum absolute atomic E-state index is 5.96. The summed E-state index contributed by atoms with van der Waals surface area (Å²) in [6, 6.07) is 3.69. The highest BCUT2D eigenvalue weighted by Crippen LogP contribution is 2.24. The third kappa shape index (κ3) is 3.09. The van der Waals surface area contributed by atoms with Crippen LogP contribution in [0.4, 0.5) is 0 Å². The van der Waals surface area contributed by atoms with Crippen LogP contribution in [-0.2, 0) is 18.7 Å². The van der Waals surface area contributed by atoms with Crippen molar-refractivity contribution in [3.8, 4) is 0 Å². The SMILES string of the molecule is Clc1ccnc(CSc2nnc3n2CCCCC3)c1. The lowest BCUT2D eigenvalue weighted by Crippen LogP contribution is -2.02. The third-order valence-electron chi connectivity index (χ3n) is 3.20. The highest BCUT2D eigenvalue weighted by atomic mass is 35.5. The first-order chi connectivity index (χ1) is 9.33. The van der Waals surface area contributed by atoms with Crippen LogP contribution < -0.4 is 0 Å². The van der Waals surface area contributed by atoms with Crippen molar-refractivity contribution >= 4 is 23.4 Å². The average molecular weight is 295 g/mol. The molecule has 2 aromatic rings. The average Bonchev–Trinajstić information content (AvgIpc) is 2.64. The van der Waals surface area contributed by atoms with E-state index in [0.717, 1.165) is 40.4 Å². The Kier molecular flexibility index (Phi) is 4.03. The van der Waals surface area contributed by atoms with Gasteiger partial charge in [0.1, 0.15) is 5.82 Å². The molecule has 0 N–H and O–H groups in total. The van der Waals surface area contributed by atoms with Crippen LogP contribution in [0.15, 0.2) is 23.5 Å². The van der Waals surface area contributed by atoms with Gasteiger partial charge in [0, 0.05) is 29.9 Å². The van der Waals surface area contributed by atoms with Gasteiger partial charge in [-0.25, -0.2) is 0 Å². The Morgan fingerprint density at radius 2 is 2.21 bits per heavy atom. The number of rotatable bonds is 3. The summed E-state index contributed by atoms with van der Waals surface area (Å²) >= 11 is 7.64. The Morgan fingerprint density at radius 1 is 1.26 bits per heavy atom. The highest BCUT2D eigenvalue weighted by Gasteiger charge is 2.15. The second kappa shape index (κ2) is 5.92. The normalized spacial score (nSPS) is 15.0. The van der Waals surface area contributed by atoms with Crippen molar-refractivity contribution in [3.05, 3.63) is 34.9 Å². The molecule has 0 aliphatic carbocycles. The van der Waals surface area contributed by atoms with Gasteiger partial charge in [-0.05, 0) is 25.0 Å². The van der Waals surface area contributed by atoms with Crippen LogP contribution in [-0.4, -0.2) is 19.7 Å². The Balaban J connectivity index is 1.72. The predicted octanol–water partition coefficient (Wildman–Crippen LogP) is 3.35. The molecule has 2 aromatic heterocycles. The van der Waals surface area contributed by atoms with E-state index in [1.165, 1.54) is 19.3 Å². The highest BCUT2D eigenvalue weighted by molar-refractivity contribution is 7.98. The summed E-state index contributed by atoms with van der Waals surface area (Å²) in [6.45, 7) is 1.04. The first-order valence-corrected chi connectivity index (χ1v) is 7.84. The minimum absolute atomic E-state index is 0.727. The minimum atomic E-state index is 0.727. The van der Waals surface area contributed by atoms with E-state index in [1.54, 1.807) is 24.0 Å². The lowest BCUT2D eigenvalue weighted by atomic mass is 10.2. The molecule has 1 aliphatic rings. The molecule has 1 aliphatic heterocycles. The zero-order chi connectivity index (χ0) is 13.1. The largest absolute Gasteiger partial charge is 0.306 e. The molecule has 0 unspecified atom stereocenters. The van der Waals surface area contributed by atoms with Gasteiger partial charge >= 0.3 is 0 Å². The van der Waals surface area contributed by atoms with Gasteiger partial charge in [-0.15, -0.1) is 10.2 Å². The van der Waals surface area contributed by atoms with Crippen molar-refractivity contribution in [1.82, 2.24) is 19.7 Å². The molecule has 0 radical (unpaired) electrons. The Labute approximate surface area is 121 Å². The molecule has 6 heteroatoms. The lowest BCUT2D eigenvalue weighted by Gasteiger charge is -2.06. The number of thioether (sulfide) groups is 1. The van der Waals surface area contributed by atoms with Crippen LogP contribution in [0.25, 0.3) is 0 Å². The number of aryl methyl sites for hydroxylation is 1. The number of nitrogens with zero attached hydrogens (tertiary/aromatic N) is 4. The summed E-state index contributed by atoms with van der Waals surface area (Å²) in [5, 5.41) is 10.3. The van der Waals surface area contributed by atoms with E-state index in [4.69, 9.17) is 11.6 Å². The summed E-state index contributed by atoms with van der Waals surface area (Å²) in [5.74, 6) is 1.90. The van der Waals surface area contributed by atoms with E-state index >= 15 is 0 Å². The van der Waals surface area contributed by atoms with Crippen molar-refractivity contribution < 1.29 is 0 Å². The van der Waals surface area contributed by atoms with Crippen LogP contribution in [0.3, 0.4) is 0 Å². The van der Waals surface area contributed by atoms with Gasteiger partial charge < -0.3 is 4.57 Å². The smallest absolute Gasteiger partial charge is 0.191 e. The Hall–Kier alpha value is -1.07. The summed E-state index contributed by atoms with van der Waals surface area (Å²) in [5.41, 5.74) is 0.975. The van der Waals surface area contributed by atoms with Crippen LogP contribution >= 0.6 is 23.4 Å². The molecule has 3 rings (SSSR count). The topological polar surface area (TPSA) is 43.6 Å². The Bertz CT molecular complexity index is 570. The summed E-state index contributed by atoms with van der Waals surface area (Å²) < 4.78 is 2.25. The van der Waals surface area contributed by atoms with Crippen LogP contribution in [0.1, 0.15) is 30.8 Å². The maximum Gasteiger partial charge on any atom is 0.191 e. The summed E-state index contributed by atoms with van der Waals surface area (Å²) in [7, 11) is 0. The molecule has 0 spiro atoms. The van der Waals surface area contributed by atoms with Crippen molar-refractivity contribution in [2.45, 2.75) is 43.1 Å². The van der Waals surface area contributed by atoms with Crippen molar-refractivity contribution in [3.63, 3.8) is 0 Å². The molecule has 3 heterocycles. The fourth-order valence-corrected chi connectivity index (χ4v) is 3.30. The number of hydrogen-bond donors (Lipinski definition) is 0. The summed E-state index contributed by atoms with van der Waals surface area (Å²) in [4.78, 5) is 4.31. The molecule has 4 nitrogen and oxygen atoms in total. The van der Waals surface area contributed by atoms with Crippen molar-refractivity contribution in [2.24, 2.45) is 0 Å². The fraction of sp³-hybridized carbons (Fsp3) is 0.462. The van der Waals surface area contributed by atoms with Crippen molar-refractivity contribution in [1.29, 1.82) is 0 Å². The lowest BCUT2D eigenvalue weighted by molar-refractivity contribution is 0.591. The van der Waals surface area contributed by atoms with E-state index < -0.39 is 0 Å². The van der Waals surface area contributed by atoms with Gasteiger partial charge in [0.15, 0.2) is 5.16 Å². The first-order valence-electron chi connectivity index (χ1n) is 6.48. The molecule has 0 bridgehead atoms. The van der Waals surface area contributed by atoms with Gasteiger partial charge in [0.2, 0.25) is 0 Å². The molecule has 0 saturated carbocycles. The van der Waals surface area contributed by atoms with E-state index in [0.29, 0.717) is 0 Å². The number of aromatic nitrogens is 4. The van der Waals surface area contributed by atoms with Gasteiger partial charge in [-0.3, -0.25) is 4.98 Å². The van der Waals surface area contributed by atoms with Gasteiger partial charge in [-0.2, -0.15) is 0 Å². The van der Waals surface area contributed by atoms with Gasteiger partial charge in [0.25, 0.3) is 0 Å². The molecule has 0 atom stereocenters. The second-order valence-electron chi connectivity index (χ2n) is 4.62. The molecule has 100 valence electrons. The molecular formula is C13H15ClN4S. The number of fused-ring (bicyclic) bond motifs is 1. The van der Waals surface area contributed by atoms with Crippen LogP contribution in [0.5, 0.6) is 0 Å². The van der Waals surface area contributed by atoms with E-state index in [2.05, 4.69) is 19.7 Å². The molecule has 19 heavy (non-hydrogen) atoms. The van der Waals surface area contributed by atoms with Crippen molar-refractivity contribution in [2.75, 3.05) is 0 Å². The first kappa shape index (κ1) is 12.9. The third-order valence-corrected chi connectivity index (χ3v) is 4.44. The number of halogens is 1. The zero-order valence-corrected chi connectivity index (χ0v) is 12.1. The standard InChI is InChI=1S/C13H15ClN4S/c14-10-5-6-15-11(8-10)9-19-13-17-16-12-4-2-1-3-7-18(12)13/h5-6,8H,1-4,7,9H2. The number of hydrogen-bond acceptors (Lipinski definition) is 4. The van der Waals surface area contributed by atoms with Crippen LogP contribution in [0.2, 0.25) is 5.02 Å². The molecule has 0 fully saturated rings. The van der Waals surface area contributed by atoms with Gasteiger partial charge in [0.05, 0.1) is 5.69 Å². The Morgan fingerprint density at radius 3 is 3.11 bits per heavy atom. The predicted molar refractivity (Wildman–Crippen MR) is 76.4 cm³/mol. The fourth-order valence-electron chi connectivity index (χ4n) is 2.23. The zero-order valence-electron chi connectivity index (χ0n) is 10.5. The monoisotopic (exact) mass is 294 g/mol. The summed E-state index contributed by atoms with van der Waals surface area (Å²) in [6.07, 6.45) is 6.50. The second-order valence-corrected chi connectivity index (χ2v) is 5.99. The number of pyridine rings is 1. The minimum Gasteiger partial charge on any atom is -0.306 e.